The number of thiazole rings is 1. The van der Waals surface area contributed by atoms with Crippen molar-refractivity contribution in [3.63, 3.8) is 0 Å². The molecule has 2 aromatic rings. The van der Waals surface area contributed by atoms with Gasteiger partial charge in [-0.1, -0.05) is 17.4 Å². The lowest BCUT2D eigenvalue weighted by Gasteiger charge is -2.02. The molecule has 15 heavy (non-hydrogen) atoms. The molecule has 0 unspecified atom stereocenters. The van der Waals surface area contributed by atoms with Gasteiger partial charge in [0.2, 0.25) is 0 Å². The number of nitrogens with two attached hydrogens (primary N) is 1. The number of anilines is 1. The summed E-state index contributed by atoms with van der Waals surface area (Å²) < 4.78 is 1.64. The topological polar surface area (TPSA) is 72.9 Å². The van der Waals surface area contributed by atoms with Crippen LogP contribution in [0.15, 0.2) is 34.7 Å². The van der Waals surface area contributed by atoms with Gasteiger partial charge in [0.05, 0.1) is 6.54 Å². The third-order valence-electron chi connectivity index (χ3n) is 1.97. The average Bonchev–Trinajstić information content (AvgIpc) is 2.66. The number of aromatic nitrogens is 2. The van der Waals surface area contributed by atoms with Crippen molar-refractivity contribution in [2.45, 2.75) is 6.54 Å². The van der Waals surface area contributed by atoms with E-state index in [4.69, 9.17) is 5.84 Å². The fourth-order valence-electron chi connectivity index (χ4n) is 1.21. The number of hydrogen-bond acceptors (Lipinski definition) is 5. The van der Waals surface area contributed by atoms with E-state index in [-0.39, 0.29) is 4.87 Å². The Bertz CT molecular complexity index is 487. The van der Waals surface area contributed by atoms with Crippen molar-refractivity contribution in [2.24, 2.45) is 5.84 Å². The van der Waals surface area contributed by atoms with Crippen LogP contribution in [-0.4, -0.2) is 9.55 Å². The quantitative estimate of drug-likeness (QED) is 0.590. The molecule has 0 aliphatic heterocycles. The summed E-state index contributed by atoms with van der Waals surface area (Å²) in [7, 11) is 0. The number of hydrazine groups is 1. The Morgan fingerprint density at radius 1 is 1.53 bits per heavy atom. The lowest BCUT2D eigenvalue weighted by atomic mass is 10.3. The van der Waals surface area contributed by atoms with E-state index in [0.29, 0.717) is 12.4 Å². The third kappa shape index (κ3) is 2.23. The van der Waals surface area contributed by atoms with Crippen LogP contribution in [0.25, 0.3) is 0 Å². The van der Waals surface area contributed by atoms with Gasteiger partial charge in [-0.25, -0.2) is 10.8 Å². The number of nitrogens with zero attached hydrogens (tertiary/aromatic N) is 2. The molecule has 0 bridgehead atoms. The number of nitrogen functional groups attached to an aromatic ring is 1. The molecule has 2 rings (SSSR count). The molecule has 2 aromatic heterocycles. The molecule has 0 radical (unpaired) electrons. The van der Waals surface area contributed by atoms with E-state index in [1.54, 1.807) is 28.4 Å². The lowest BCUT2D eigenvalue weighted by molar-refractivity contribution is 0.780. The van der Waals surface area contributed by atoms with Gasteiger partial charge in [-0.3, -0.25) is 4.79 Å². The van der Waals surface area contributed by atoms with Crippen molar-refractivity contribution in [3.8, 4) is 0 Å². The zero-order valence-corrected chi connectivity index (χ0v) is 8.70. The van der Waals surface area contributed by atoms with Crippen LogP contribution in [0.4, 0.5) is 5.82 Å². The molecule has 0 saturated heterocycles. The highest BCUT2D eigenvalue weighted by atomic mass is 32.1. The van der Waals surface area contributed by atoms with Crippen LogP contribution in [0, 0.1) is 0 Å². The maximum absolute atomic E-state index is 11.3. The summed E-state index contributed by atoms with van der Waals surface area (Å²) in [5.41, 5.74) is 3.41. The van der Waals surface area contributed by atoms with E-state index in [1.165, 1.54) is 11.3 Å². The normalized spacial score (nSPS) is 10.2. The monoisotopic (exact) mass is 222 g/mol. The largest absolute Gasteiger partial charge is 0.308 e. The summed E-state index contributed by atoms with van der Waals surface area (Å²) in [4.78, 5) is 15.4. The van der Waals surface area contributed by atoms with Crippen LogP contribution in [0.5, 0.6) is 0 Å². The SMILES string of the molecule is NNc1ccc(Cn2ccsc2=O)cn1. The van der Waals surface area contributed by atoms with Gasteiger partial charge < -0.3 is 9.99 Å². The second-order valence-corrected chi connectivity index (χ2v) is 3.85. The molecule has 0 aliphatic rings. The Kier molecular flexibility index (Phi) is 2.79. The molecule has 0 saturated carbocycles. The second-order valence-electron chi connectivity index (χ2n) is 2.99. The van der Waals surface area contributed by atoms with Crippen molar-refractivity contribution in [1.29, 1.82) is 0 Å². The minimum Gasteiger partial charge on any atom is -0.308 e. The molecular weight excluding hydrogens is 212 g/mol. The molecule has 0 spiro atoms. The third-order valence-corrected chi connectivity index (χ3v) is 2.66. The fraction of sp³-hybridized carbons (Fsp3) is 0.111. The Labute approximate surface area is 90.2 Å². The van der Waals surface area contributed by atoms with Crippen LogP contribution in [0.3, 0.4) is 0 Å². The Hall–Kier alpha value is -1.66. The van der Waals surface area contributed by atoms with Crippen LogP contribution < -0.4 is 16.1 Å². The summed E-state index contributed by atoms with van der Waals surface area (Å²) in [5, 5.41) is 1.77. The first kappa shape index (κ1) is 9.88. The molecule has 0 fully saturated rings. The zero-order valence-electron chi connectivity index (χ0n) is 7.88. The number of rotatable bonds is 3. The maximum atomic E-state index is 11.3. The summed E-state index contributed by atoms with van der Waals surface area (Å²) in [6.07, 6.45) is 3.46. The van der Waals surface area contributed by atoms with Gasteiger partial charge in [0, 0.05) is 17.8 Å². The summed E-state index contributed by atoms with van der Waals surface area (Å²) in [6.45, 7) is 0.542. The Morgan fingerprint density at radius 2 is 2.40 bits per heavy atom. The summed E-state index contributed by atoms with van der Waals surface area (Å²) in [6, 6.07) is 3.65. The molecule has 3 N–H and O–H groups in total. The maximum Gasteiger partial charge on any atom is 0.307 e. The Morgan fingerprint density at radius 3 is 2.93 bits per heavy atom. The van der Waals surface area contributed by atoms with Gasteiger partial charge in [0.25, 0.3) is 0 Å². The molecule has 78 valence electrons. The van der Waals surface area contributed by atoms with E-state index in [9.17, 15) is 4.79 Å². The first-order valence-electron chi connectivity index (χ1n) is 4.35. The van der Waals surface area contributed by atoms with E-state index in [2.05, 4.69) is 10.4 Å². The average molecular weight is 222 g/mol. The molecule has 0 atom stereocenters. The molecule has 0 aliphatic carbocycles. The highest BCUT2D eigenvalue weighted by Gasteiger charge is 1.99. The van der Waals surface area contributed by atoms with Crippen molar-refractivity contribution < 1.29 is 0 Å². The minimum absolute atomic E-state index is 0.0380. The van der Waals surface area contributed by atoms with Crippen LogP contribution in [0.1, 0.15) is 5.56 Å². The predicted molar refractivity (Wildman–Crippen MR) is 59.7 cm³/mol. The molecular formula is C9H10N4OS. The fourth-order valence-corrected chi connectivity index (χ4v) is 1.79. The first-order valence-corrected chi connectivity index (χ1v) is 5.23. The number of pyridine rings is 1. The minimum atomic E-state index is 0.0380. The Balaban J connectivity index is 2.18. The van der Waals surface area contributed by atoms with E-state index >= 15 is 0 Å². The first-order chi connectivity index (χ1) is 7.29. The number of hydrogen-bond donors (Lipinski definition) is 2. The van der Waals surface area contributed by atoms with Crippen LogP contribution in [0.2, 0.25) is 0 Å². The van der Waals surface area contributed by atoms with Gasteiger partial charge in [-0.2, -0.15) is 0 Å². The van der Waals surface area contributed by atoms with Gasteiger partial charge in [-0.15, -0.1) is 0 Å². The molecule has 0 amide bonds. The number of nitrogens with one attached hydrogen (secondary N) is 1. The standard InChI is InChI=1S/C9H10N4OS/c10-12-8-2-1-7(5-11-8)6-13-3-4-15-9(13)14/h1-5H,6,10H2,(H,11,12). The van der Waals surface area contributed by atoms with Crippen molar-refractivity contribution in [1.82, 2.24) is 9.55 Å². The van der Waals surface area contributed by atoms with Gasteiger partial charge in [-0.05, 0) is 11.6 Å². The highest BCUT2D eigenvalue weighted by Crippen LogP contribution is 2.05. The lowest BCUT2D eigenvalue weighted by Crippen LogP contribution is -2.13. The van der Waals surface area contributed by atoms with Crippen molar-refractivity contribution in [3.05, 3.63) is 45.1 Å². The molecule has 6 heteroatoms. The summed E-state index contributed by atoms with van der Waals surface area (Å²) in [5.74, 6) is 5.80. The summed E-state index contributed by atoms with van der Waals surface area (Å²) >= 11 is 1.19. The van der Waals surface area contributed by atoms with E-state index < -0.39 is 0 Å². The molecule has 5 nitrogen and oxygen atoms in total. The highest BCUT2D eigenvalue weighted by molar-refractivity contribution is 7.07. The van der Waals surface area contributed by atoms with Crippen molar-refractivity contribution >= 4 is 17.2 Å². The van der Waals surface area contributed by atoms with Crippen LogP contribution in [-0.2, 0) is 6.54 Å². The van der Waals surface area contributed by atoms with Crippen LogP contribution >= 0.6 is 11.3 Å². The van der Waals surface area contributed by atoms with E-state index in [1.807, 2.05) is 6.07 Å². The van der Waals surface area contributed by atoms with Gasteiger partial charge >= 0.3 is 4.87 Å². The zero-order chi connectivity index (χ0) is 10.7. The van der Waals surface area contributed by atoms with Gasteiger partial charge in [0.15, 0.2) is 0 Å². The van der Waals surface area contributed by atoms with Crippen molar-refractivity contribution in [2.75, 3.05) is 5.43 Å². The smallest absolute Gasteiger partial charge is 0.307 e. The van der Waals surface area contributed by atoms with E-state index in [0.717, 1.165) is 5.56 Å². The predicted octanol–water partition coefficient (Wildman–Crippen LogP) is 0.639. The second kappa shape index (κ2) is 4.24. The van der Waals surface area contributed by atoms with Gasteiger partial charge in [0.1, 0.15) is 5.82 Å². The molecule has 0 aromatic carbocycles. The molecule has 2 heterocycles.